The number of phenols is 1. The molecule has 0 bridgehead atoms. The van der Waals surface area contributed by atoms with Gasteiger partial charge in [0.2, 0.25) is 11.8 Å². The van der Waals surface area contributed by atoms with Crippen LogP contribution < -0.4 is 20.0 Å². The molecule has 3 aromatic carbocycles. The van der Waals surface area contributed by atoms with Crippen molar-refractivity contribution in [3.63, 3.8) is 0 Å². The molecule has 1 aromatic heterocycles. The largest absolute Gasteiger partial charge is 0.573 e. The number of aromatic nitrogens is 1. The highest BCUT2D eigenvalue weighted by molar-refractivity contribution is 6.33. The van der Waals surface area contributed by atoms with Crippen molar-refractivity contribution in [2.45, 2.75) is 36.7 Å². The molecule has 0 unspecified atom stereocenters. The number of pyridine rings is 1. The number of alkyl halides is 6. The molecule has 2 saturated heterocycles. The number of hydrogen-bond donors (Lipinski definition) is 2. The predicted octanol–water partition coefficient (Wildman–Crippen LogP) is 8.08. The predicted molar refractivity (Wildman–Crippen MR) is 218 cm³/mol. The van der Waals surface area contributed by atoms with Crippen LogP contribution in [0.3, 0.4) is 0 Å². The van der Waals surface area contributed by atoms with Gasteiger partial charge in [-0.2, -0.15) is 18.2 Å². The van der Waals surface area contributed by atoms with Gasteiger partial charge < -0.3 is 14.7 Å². The van der Waals surface area contributed by atoms with Crippen LogP contribution in [0.2, 0.25) is 10.0 Å². The van der Waals surface area contributed by atoms with Gasteiger partial charge in [0.1, 0.15) is 11.5 Å². The summed E-state index contributed by atoms with van der Waals surface area (Å²) in [6.45, 7) is 0. The first-order chi connectivity index (χ1) is 30.9. The molecule has 8 rings (SSSR count). The van der Waals surface area contributed by atoms with Gasteiger partial charge in [-0.15, -0.1) is 13.2 Å². The molecular formula is C41H29Cl2F6N7O10. The minimum Gasteiger partial charge on any atom is -0.508 e. The zero-order chi connectivity index (χ0) is 48.1. The first-order valence-electron chi connectivity index (χ1n) is 19.3. The van der Waals surface area contributed by atoms with E-state index >= 15 is 4.79 Å². The van der Waals surface area contributed by atoms with Crippen molar-refractivity contribution in [1.29, 1.82) is 0 Å². The number of imide groups is 2. The number of allylic oxidation sites excluding steroid dienone is 2. The Morgan fingerprint density at radius 1 is 0.894 bits per heavy atom. The standard InChI is InChI=1S/C41H29Cl2F6N7O10/c1-52(2)33-28(55(62)63)12-20(13-29(33)56(64)65)53-35(58)23-9-8-22-24(31(23)37(53)60)15-26-36(59)54(51-34-27(43)11-18(16-50-34)40(44,45)46)38(61)39(26,17-3-5-19(42)6-4-17)32(22)25-14-21(7-10-30(25)57)66-41(47,48)49/h3-8,10-14,16,23-24,26,31-32,57H,9,15H2,1-2H3,(H,50,51)/t23-,24+,26-,31-,32+,39+/m0/s1. The van der Waals surface area contributed by atoms with Crippen LogP contribution in [-0.4, -0.2) is 69.0 Å². The summed E-state index contributed by atoms with van der Waals surface area (Å²) in [4.78, 5) is 87.5. The van der Waals surface area contributed by atoms with Crippen LogP contribution >= 0.6 is 23.2 Å². The van der Waals surface area contributed by atoms with Crippen molar-refractivity contribution in [2.75, 3.05) is 29.3 Å². The summed E-state index contributed by atoms with van der Waals surface area (Å²) in [5, 5.41) is 35.9. The number of anilines is 3. The van der Waals surface area contributed by atoms with Crippen LogP contribution in [0.5, 0.6) is 11.5 Å². The number of nitrogens with one attached hydrogen (secondary N) is 1. The summed E-state index contributed by atoms with van der Waals surface area (Å²) in [6.07, 6.45) is -9.20. The molecular weight excluding hydrogens is 935 g/mol. The number of amides is 4. The van der Waals surface area contributed by atoms with Crippen molar-refractivity contribution in [3.05, 3.63) is 125 Å². The number of fused-ring (bicyclic) bond motifs is 4. The van der Waals surface area contributed by atoms with Gasteiger partial charge in [-0.1, -0.05) is 47.0 Å². The SMILES string of the molecule is CN(C)c1c([N+](=O)[O-])cc(N2C(=O)[C@H]3[C@H](CC=C4[C@H]3C[C@H]3C(=O)N(Nc5ncc(C(F)(F)F)cc5Cl)C(=O)[C@@]3(c3ccc(Cl)cc3)[C@H]4c3cc(OC(F)(F)F)ccc3O)C2=O)cc1[N+](=O)[O-]. The number of nitro benzene ring substituents is 2. The number of carbonyl (C=O) groups excluding carboxylic acids is 4. The molecule has 0 spiro atoms. The average Bonchev–Trinajstić information content (AvgIpc) is 3.61. The second-order valence-corrected chi connectivity index (χ2v) is 16.8. The lowest BCUT2D eigenvalue weighted by Crippen LogP contribution is -2.53. The summed E-state index contributed by atoms with van der Waals surface area (Å²) >= 11 is 12.4. The fraction of sp³-hybridized carbons (Fsp3) is 0.293. The first kappa shape index (κ1) is 45.6. The van der Waals surface area contributed by atoms with E-state index in [4.69, 9.17) is 23.2 Å². The fourth-order valence-corrected chi connectivity index (χ4v) is 10.1. The molecule has 344 valence electrons. The van der Waals surface area contributed by atoms with Crippen molar-refractivity contribution in [2.24, 2.45) is 23.7 Å². The molecule has 2 N–H and O–H groups in total. The fourth-order valence-electron chi connectivity index (χ4n) is 9.80. The first-order valence-corrected chi connectivity index (χ1v) is 20.1. The Hall–Kier alpha value is -7.01. The molecule has 4 aliphatic rings. The van der Waals surface area contributed by atoms with Crippen LogP contribution in [0.15, 0.2) is 78.5 Å². The van der Waals surface area contributed by atoms with Crippen LogP contribution in [-0.2, 0) is 30.8 Å². The number of rotatable bonds is 9. The average molecular weight is 965 g/mol. The zero-order valence-electron chi connectivity index (χ0n) is 33.6. The molecule has 2 aliphatic carbocycles. The molecule has 3 fully saturated rings. The number of aromatic hydroxyl groups is 1. The highest BCUT2D eigenvalue weighted by atomic mass is 35.5. The van der Waals surface area contributed by atoms with E-state index in [9.17, 15) is 66.1 Å². The maximum atomic E-state index is 15.4. The van der Waals surface area contributed by atoms with Gasteiger partial charge in [-0.05, 0) is 60.7 Å². The Morgan fingerprint density at radius 3 is 2.09 bits per heavy atom. The van der Waals surface area contributed by atoms with Crippen molar-refractivity contribution < 1.29 is 65.2 Å². The lowest BCUT2D eigenvalue weighted by molar-refractivity contribution is -0.392. The lowest BCUT2D eigenvalue weighted by atomic mass is 9.49. The van der Waals surface area contributed by atoms with E-state index < -0.39 is 144 Å². The Labute approximate surface area is 376 Å². The minimum atomic E-state index is -5.28. The van der Waals surface area contributed by atoms with Gasteiger partial charge in [0.25, 0.3) is 11.8 Å². The maximum absolute atomic E-state index is 15.4. The number of hydrazine groups is 1. The third kappa shape index (κ3) is 7.25. The number of nitrogens with zero attached hydrogens (tertiary/aromatic N) is 6. The lowest BCUT2D eigenvalue weighted by Gasteiger charge is -2.50. The molecule has 1 saturated carbocycles. The van der Waals surface area contributed by atoms with E-state index in [1.807, 2.05) is 0 Å². The molecule has 25 heteroatoms. The molecule has 4 amide bonds. The number of halogens is 8. The third-order valence-electron chi connectivity index (χ3n) is 12.3. The van der Waals surface area contributed by atoms with E-state index in [-0.39, 0.29) is 22.6 Å². The molecule has 66 heavy (non-hydrogen) atoms. The van der Waals surface area contributed by atoms with E-state index in [2.05, 4.69) is 15.1 Å². The number of benzene rings is 3. The van der Waals surface area contributed by atoms with E-state index in [0.717, 1.165) is 35.2 Å². The monoisotopic (exact) mass is 963 g/mol. The van der Waals surface area contributed by atoms with E-state index in [0.29, 0.717) is 22.2 Å². The van der Waals surface area contributed by atoms with Gasteiger partial charge in [-0.3, -0.25) is 44.8 Å². The minimum absolute atomic E-state index is 0.00454. The molecule has 3 heterocycles. The van der Waals surface area contributed by atoms with Gasteiger partial charge in [0.05, 0.1) is 49.3 Å². The maximum Gasteiger partial charge on any atom is 0.573 e. The van der Waals surface area contributed by atoms with Crippen LogP contribution in [0.1, 0.15) is 35.4 Å². The second kappa shape index (κ2) is 15.9. The summed E-state index contributed by atoms with van der Waals surface area (Å²) in [5.74, 6) is -13.9. The molecule has 0 radical (unpaired) electrons. The number of nitro groups is 2. The van der Waals surface area contributed by atoms with E-state index in [1.165, 1.54) is 44.4 Å². The van der Waals surface area contributed by atoms with Gasteiger partial charge in [0, 0.05) is 48.9 Å². The summed E-state index contributed by atoms with van der Waals surface area (Å²) in [6, 6.07) is 9.82. The van der Waals surface area contributed by atoms with Gasteiger partial charge >= 0.3 is 23.9 Å². The Morgan fingerprint density at radius 2 is 1.53 bits per heavy atom. The van der Waals surface area contributed by atoms with Crippen LogP contribution in [0.4, 0.5) is 54.9 Å². The Bertz CT molecular complexity index is 2790. The Kier molecular flexibility index (Phi) is 10.9. The normalized spacial score (nSPS) is 23.8. The highest BCUT2D eigenvalue weighted by Gasteiger charge is 2.71. The van der Waals surface area contributed by atoms with Crippen LogP contribution in [0.25, 0.3) is 0 Å². The summed E-state index contributed by atoms with van der Waals surface area (Å²) in [5.41, 5.74) is -4.20. The molecule has 6 atom stereocenters. The molecule has 2 aliphatic heterocycles. The van der Waals surface area contributed by atoms with Crippen molar-refractivity contribution >= 4 is 75.4 Å². The topological polar surface area (TPSA) is 219 Å². The quantitative estimate of drug-likeness (QED) is 0.0534. The van der Waals surface area contributed by atoms with Crippen molar-refractivity contribution in [3.8, 4) is 11.5 Å². The summed E-state index contributed by atoms with van der Waals surface area (Å²) < 4.78 is 86.0. The molecule has 17 nitrogen and oxygen atoms in total. The van der Waals surface area contributed by atoms with Crippen molar-refractivity contribution in [1.82, 2.24) is 9.99 Å². The number of carbonyl (C=O) groups is 4. The second-order valence-electron chi connectivity index (χ2n) is 15.9. The smallest absolute Gasteiger partial charge is 0.508 e. The van der Waals surface area contributed by atoms with Crippen LogP contribution in [0, 0.1) is 43.9 Å². The molecule has 4 aromatic rings. The van der Waals surface area contributed by atoms with Gasteiger partial charge in [-0.25, -0.2) is 9.88 Å². The highest BCUT2D eigenvalue weighted by Crippen LogP contribution is 2.65. The Balaban J connectivity index is 1.33. The third-order valence-corrected chi connectivity index (χ3v) is 12.8. The van der Waals surface area contributed by atoms with E-state index in [1.54, 1.807) is 0 Å². The summed E-state index contributed by atoms with van der Waals surface area (Å²) in [7, 11) is 2.60. The number of phenolic OH excluding ortho intramolecular Hbond substituents is 1. The zero-order valence-corrected chi connectivity index (χ0v) is 35.1. The number of ether oxygens (including phenoxy) is 1. The number of hydrogen-bond acceptors (Lipinski definition) is 13. The van der Waals surface area contributed by atoms with Gasteiger partial charge in [0.15, 0.2) is 11.5 Å².